The maximum atomic E-state index is 13.0. The molecule has 0 aromatic heterocycles. The van der Waals surface area contributed by atoms with E-state index >= 15 is 0 Å². The third-order valence-corrected chi connectivity index (χ3v) is 4.15. The highest BCUT2D eigenvalue weighted by Gasteiger charge is 2.59. The molecule has 0 saturated carbocycles. The third kappa shape index (κ3) is 4.72. The second kappa shape index (κ2) is 7.43. The average Bonchev–Trinajstić information content (AvgIpc) is 2.98. The Morgan fingerprint density at radius 1 is 1.10 bits per heavy atom. The van der Waals surface area contributed by atoms with Crippen molar-refractivity contribution in [3.8, 4) is 6.07 Å². The maximum absolute atomic E-state index is 13.0. The molecule has 1 heterocycles. The van der Waals surface area contributed by atoms with Gasteiger partial charge in [-0.05, 0) is 25.1 Å². The van der Waals surface area contributed by atoms with E-state index in [1.54, 1.807) is 5.32 Å². The van der Waals surface area contributed by atoms with Crippen molar-refractivity contribution in [2.24, 2.45) is 5.10 Å². The normalized spacial score (nSPS) is 19.6. The minimum absolute atomic E-state index is 0.274. The zero-order chi connectivity index (χ0) is 24.0. The molecule has 1 aliphatic rings. The van der Waals surface area contributed by atoms with Crippen LogP contribution in [-0.4, -0.2) is 40.4 Å². The number of halogens is 9. The zero-order valence-electron chi connectivity index (χ0n) is 15.0. The van der Waals surface area contributed by atoms with Crippen LogP contribution in [0.3, 0.4) is 0 Å². The lowest BCUT2D eigenvalue weighted by Gasteiger charge is -2.31. The van der Waals surface area contributed by atoms with E-state index < -0.39 is 69.8 Å². The summed E-state index contributed by atoms with van der Waals surface area (Å²) in [6, 6.07) is 2.95. The summed E-state index contributed by atoms with van der Waals surface area (Å²) in [5, 5.41) is 12.4. The van der Waals surface area contributed by atoms with Crippen molar-refractivity contribution in [2.45, 2.75) is 37.4 Å². The van der Waals surface area contributed by atoms with Gasteiger partial charge in [-0.3, -0.25) is 9.59 Å². The molecule has 2 amide bonds. The number of hydrogen-bond donors (Lipinski definition) is 1. The summed E-state index contributed by atoms with van der Waals surface area (Å²) in [5.41, 5.74) is -7.74. The van der Waals surface area contributed by atoms with Gasteiger partial charge >= 0.3 is 24.4 Å². The first-order valence-corrected chi connectivity index (χ1v) is 7.90. The van der Waals surface area contributed by atoms with Crippen LogP contribution in [0.4, 0.5) is 45.2 Å². The molecule has 0 spiro atoms. The molecule has 1 aromatic carbocycles. The number of hydrazone groups is 1. The summed E-state index contributed by atoms with van der Waals surface area (Å²) in [4.78, 5) is 24.0. The van der Waals surface area contributed by atoms with Gasteiger partial charge in [0.25, 0.3) is 5.91 Å². The number of nitrogens with one attached hydrogen (secondary N) is 1. The minimum atomic E-state index is -5.69. The standard InChI is InChI=1S/C16H9F9N4O2/c1-13(5-10(15(20,21)22)28-29(13)12(31)16(23,24)25)11(30)27-8-3-2-7(6-26)9(4-8)14(17,18)19/h2-4H,5H2,1H3,(H,27,30). The van der Waals surface area contributed by atoms with E-state index in [0.717, 1.165) is 6.07 Å². The summed E-state index contributed by atoms with van der Waals surface area (Å²) < 4.78 is 116. The van der Waals surface area contributed by atoms with Crippen LogP contribution in [0, 0.1) is 11.3 Å². The molecule has 2 rings (SSSR count). The van der Waals surface area contributed by atoms with E-state index in [0.29, 0.717) is 13.0 Å². The molecule has 0 fully saturated rings. The van der Waals surface area contributed by atoms with E-state index in [9.17, 15) is 49.1 Å². The van der Waals surface area contributed by atoms with E-state index in [1.807, 2.05) is 0 Å². The molecular formula is C16H9F9N4O2. The van der Waals surface area contributed by atoms with Crippen molar-refractivity contribution < 1.29 is 49.1 Å². The van der Waals surface area contributed by atoms with Gasteiger partial charge in [0.05, 0.1) is 17.2 Å². The fourth-order valence-corrected chi connectivity index (χ4v) is 2.61. The molecule has 15 heteroatoms. The summed E-state index contributed by atoms with van der Waals surface area (Å²) >= 11 is 0. The van der Waals surface area contributed by atoms with Crippen LogP contribution < -0.4 is 5.32 Å². The molecule has 1 atom stereocenters. The Labute approximate surface area is 166 Å². The molecule has 1 aromatic rings. The molecular weight excluding hydrogens is 451 g/mol. The van der Waals surface area contributed by atoms with Gasteiger partial charge in [-0.2, -0.15) is 49.9 Å². The molecule has 1 aliphatic heterocycles. The Kier molecular flexibility index (Phi) is 5.74. The van der Waals surface area contributed by atoms with Gasteiger partial charge in [-0.25, -0.2) is 5.01 Å². The van der Waals surface area contributed by atoms with Gasteiger partial charge in [0.2, 0.25) is 0 Å². The number of anilines is 1. The molecule has 0 bridgehead atoms. The molecule has 0 saturated heterocycles. The van der Waals surface area contributed by atoms with Crippen LogP contribution in [-0.2, 0) is 15.8 Å². The minimum Gasteiger partial charge on any atom is -0.324 e. The van der Waals surface area contributed by atoms with Crippen molar-refractivity contribution >= 4 is 23.2 Å². The number of alkyl halides is 9. The number of nitriles is 1. The lowest BCUT2D eigenvalue weighted by atomic mass is 9.93. The lowest BCUT2D eigenvalue weighted by molar-refractivity contribution is -0.190. The number of carbonyl (C=O) groups is 2. The smallest absolute Gasteiger partial charge is 0.324 e. The van der Waals surface area contributed by atoms with Crippen molar-refractivity contribution in [1.29, 1.82) is 5.26 Å². The van der Waals surface area contributed by atoms with Crippen LogP contribution in [0.2, 0.25) is 0 Å². The monoisotopic (exact) mass is 460 g/mol. The Balaban J connectivity index is 2.45. The van der Waals surface area contributed by atoms with Gasteiger partial charge < -0.3 is 5.32 Å². The molecule has 168 valence electrons. The Morgan fingerprint density at radius 2 is 1.68 bits per heavy atom. The molecule has 1 unspecified atom stereocenters. The lowest BCUT2D eigenvalue weighted by Crippen LogP contribution is -2.55. The molecule has 1 N–H and O–H groups in total. The number of rotatable bonds is 2. The Bertz CT molecular complexity index is 989. The van der Waals surface area contributed by atoms with E-state index in [1.165, 1.54) is 6.07 Å². The largest absolute Gasteiger partial charge is 0.473 e. The number of nitrogens with zero attached hydrogens (tertiary/aromatic N) is 3. The van der Waals surface area contributed by atoms with E-state index in [2.05, 4.69) is 5.10 Å². The second-order valence-corrected chi connectivity index (χ2v) is 6.43. The second-order valence-electron chi connectivity index (χ2n) is 6.43. The van der Waals surface area contributed by atoms with E-state index in [-0.39, 0.29) is 6.07 Å². The van der Waals surface area contributed by atoms with Crippen molar-refractivity contribution in [2.75, 3.05) is 5.32 Å². The predicted molar refractivity (Wildman–Crippen MR) is 84.2 cm³/mol. The molecule has 0 aliphatic carbocycles. The third-order valence-electron chi connectivity index (χ3n) is 4.15. The first-order chi connectivity index (χ1) is 13.9. The summed E-state index contributed by atoms with van der Waals surface area (Å²) in [7, 11) is 0. The van der Waals surface area contributed by atoms with Crippen LogP contribution in [0.15, 0.2) is 23.3 Å². The summed E-state index contributed by atoms with van der Waals surface area (Å²) in [5.74, 6) is -4.54. The van der Waals surface area contributed by atoms with Crippen molar-refractivity contribution in [1.82, 2.24) is 5.01 Å². The molecule has 0 radical (unpaired) electrons. The number of carbonyl (C=O) groups excluding carboxylic acids is 2. The fourth-order valence-electron chi connectivity index (χ4n) is 2.61. The predicted octanol–water partition coefficient (Wildman–Crippen LogP) is 3.99. The maximum Gasteiger partial charge on any atom is 0.473 e. The highest BCUT2D eigenvalue weighted by molar-refractivity contribution is 6.07. The topological polar surface area (TPSA) is 85.6 Å². The zero-order valence-corrected chi connectivity index (χ0v) is 15.0. The summed E-state index contributed by atoms with van der Waals surface area (Å²) in [6.07, 6.45) is -17.5. The van der Waals surface area contributed by atoms with Crippen LogP contribution >= 0.6 is 0 Å². The van der Waals surface area contributed by atoms with Crippen LogP contribution in [0.1, 0.15) is 24.5 Å². The first kappa shape index (κ1) is 24.0. The highest BCUT2D eigenvalue weighted by Crippen LogP contribution is 2.38. The fraction of sp³-hybridized carbons (Fsp3) is 0.375. The van der Waals surface area contributed by atoms with E-state index in [4.69, 9.17) is 5.26 Å². The van der Waals surface area contributed by atoms with Gasteiger partial charge in [-0.15, -0.1) is 0 Å². The average molecular weight is 460 g/mol. The SMILES string of the molecule is CC1(C(=O)Nc2ccc(C#N)c(C(F)(F)F)c2)CC(C(F)(F)F)=NN1C(=O)C(F)(F)F. The number of benzene rings is 1. The number of amides is 2. The van der Waals surface area contributed by atoms with Crippen molar-refractivity contribution in [3.63, 3.8) is 0 Å². The van der Waals surface area contributed by atoms with Crippen LogP contribution in [0.25, 0.3) is 0 Å². The molecule has 6 nitrogen and oxygen atoms in total. The summed E-state index contributed by atoms with van der Waals surface area (Å²) in [6.45, 7) is 0.544. The number of hydrogen-bond acceptors (Lipinski definition) is 4. The Morgan fingerprint density at radius 3 is 2.13 bits per heavy atom. The van der Waals surface area contributed by atoms with Gasteiger partial charge in [0.15, 0.2) is 0 Å². The van der Waals surface area contributed by atoms with Gasteiger partial charge in [-0.1, -0.05) is 0 Å². The van der Waals surface area contributed by atoms with Gasteiger partial charge in [0, 0.05) is 12.1 Å². The molecule has 31 heavy (non-hydrogen) atoms. The van der Waals surface area contributed by atoms with Crippen molar-refractivity contribution in [3.05, 3.63) is 29.3 Å². The quantitative estimate of drug-likeness (QED) is 0.678. The van der Waals surface area contributed by atoms with Gasteiger partial charge in [0.1, 0.15) is 11.3 Å². The van der Waals surface area contributed by atoms with Crippen LogP contribution in [0.5, 0.6) is 0 Å². The highest BCUT2D eigenvalue weighted by atomic mass is 19.4. The Hall–Kier alpha value is -3.31. The first-order valence-electron chi connectivity index (χ1n) is 7.90.